The SMILES string of the molecule is CC(C)(C)c1ccc2c(c1)c1c(C(C)(C)C)cccc1n2-c1cc2c3c(c1)N(c1cc([Si](c4ccccc4)(c4ccccc4)c4ccccc4)cc([Si](c4ccccc4)(c4ccccc4)c4ccccc4)c1)c1ccccc1B3c1ccccc1N2c1cc([Si](c2ccccc2)(c2ccccc2)c2ccccc2)cc([Si](c2ccccc2)(c2ccccc2)c2ccccc2)c1. The quantitative estimate of drug-likeness (QED) is 0.0590. The molecule has 1 aromatic heterocycles. The Balaban J connectivity index is 0.947. The van der Waals surface area contributed by atoms with Crippen LogP contribution in [0.3, 0.4) is 0 Å². The summed E-state index contributed by atoms with van der Waals surface area (Å²) in [5.74, 6) is 0. The van der Waals surface area contributed by atoms with Gasteiger partial charge in [-0.2, -0.15) is 0 Å². The second-order valence-electron chi connectivity index (χ2n) is 37.3. The van der Waals surface area contributed by atoms with Gasteiger partial charge in [0.15, 0.2) is 32.3 Å². The van der Waals surface area contributed by atoms with Gasteiger partial charge in [-0.05, 0) is 188 Å². The van der Waals surface area contributed by atoms with E-state index in [1.165, 1.54) is 127 Å². The van der Waals surface area contributed by atoms with Gasteiger partial charge in [0.05, 0.1) is 16.7 Å². The summed E-state index contributed by atoms with van der Waals surface area (Å²) in [6.45, 7) is 14.0. The lowest BCUT2D eigenvalue weighted by atomic mass is 9.33. The maximum absolute atomic E-state index is 3.47. The van der Waals surface area contributed by atoms with Gasteiger partial charge in [0.2, 0.25) is 0 Å². The molecule has 2 aliphatic heterocycles. The monoisotopic (exact) mass is 1730 g/mol. The molecule has 0 saturated heterocycles. The van der Waals surface area contributed by atoms with Crippen molar-refractivity contribution in [3.8, 4) is 5.69 Å². The van der Waals surface area contributed by atoms with Crippen LogP contribution in [0.1, 0.15) is 52.7 Å². The van der Waals surface area contributed by atoms with Crippen molar-refractivity contribution in [2.75, 3.05) is 9.80 Å². The Bertz CT molecular complexity index is 6480. The highest BCUT2D eigenvalue weighted by atomic mass is 28.3. The molecule has 0 fully saturated rings. The van der Waals surface area contributed by atoms with Gasteiger partial charge in [-0.25, -0.2) is 0 Å². The Labute approximate surface area is 769 Å². The standard InChI is InChI=1S/C122H100BN3Si4/c1-121(2,3)89-78-79-113-109(80-89)119-110(122(4,5)6)72-47-77-116(119)124(113)92-85-117-120-118(86-92)126(91-83-107(129(99-60-31-13-32-61-99,100-62-33-14-34-63-100)101-64-35-15-36-65-101)88-108(84-91)130(102-66-37-16-38-67-102,103-68-39-17-40-69-103)104-70-41-18-42-71-104)115-76-46-44-74-112(115)123(120)111-73-43-45-75-114(111)125(117)90-81-105(127(93-48-19-7-20-49-93,94-50-21-8-22-51-94)95-52-23-9-24-53-95)87-106(82-90)128(96-54-25-10-26-55-96,97-56-27-11-28-57-97)98-58-29-12-30-59-98/h7-88H,1-6H3. The van der Waals surface area contributed by atoms with Gasteiger partial charge < -0.3 is 14.4 Å². The first kappa shape index (κ1) is 81.3. The number of nitrogens with zero attached hydrogens (tertiary/aromatic N) is 3. The fourth-order valence-corrected chi connectivity index (χ4v) is 42.2. The lowest BCUT2D eigenvalue weighted by molar-refractivity contribution is 0.591. The van der Waals surface area contributed by atoms with E-state index in [-0.39, 0.29) is 17.5 Å². The average Bonchev–Trinajstić information content (AvgIpc) is 0.902. The summed E-state index contributed by atoms with van der Waals surface area (Å²) in [5.41, 5.74) is 16.0. The Morgan fingerprint density at radius 2 is 0.462 bits per heavy atom. The maximum atomic E-state index is 2.76. The summed E-state index contributed by atoms with van der Waals surface area (Å²) in [6, 6.07) is 194. The van der Waals surface area contributed by atoms with Crippen molar-refractivity contribution < 1.29 is 0 Å². The van der Waals surface area contributed by atoms with Crippen molar-refractivity contribution in [3.05, 3.63) is 509 Å². The first-order valence-electron chi connectivity index (χ1n) is 45.8. The molecule has 0 spiro atoms. The lowest BCUT2D eigenvalue weighted by Crippen LogP contribution is -2.78. The lowest BCUT2D eigenvalue weighted by Gasteiger charge is -2.46. The molecule has 20 aromatic rings. The van der Waals surface area contributed by atoms with Crippen LogP contribution >= 0.6 is 0 Å². The summed E-state index contributed by atoms with van der Waals surface area (Å²) in [5, 5.41) is 23.4. The third-order valence-corrected chi connectivity index (χ3v) is 47.2. The summed E-state index contributed by atoms with van der Waals surface area (Å²) in [6.07, 6.45) is 0. The van der Waals surface area contributed by atoms with Crippen LogP contribution in [0.15, 0.2) is 497 Å². The maximum Gasteiger partial charge on any atom is 0.252 e. The molecular formula is C122H100BN3Si4. The molecule has 0 bridgehead atoms. The summed E-state index contributed by atoms with van der Waals surface area (Å²) in [7, 11) is -13.9. The highest BCUT2D eigenvalue weighted by Crippen LogP contribution is 2.48. The zero-order chi connectivity index (χ0) is 87.8. The minimum absolute atomic E-state index is 0.138. The highest BCUT2D eigenvalue weighted by Gasteiger charge is 2.52. The topological polar surface area (TPSA) is 11.4 Å². The fourth-order valence-electron chi connectivity index (χ4n) is 22.6. The van der Waals surface area contributed by atoms with Crippen molar-refractivity contribution in [2.45, 2.75) is 52.4 Å². The van der Waals surface area contributed by atoms with Gasteiger partial charge in [-0.15, -0.1) is 0 Å². The minimum atomic E-state index is -3.47. The van der Waals surface area contributed by atoms with Gasteiger partial charge in [-0.1, -0.05) is 472 Å². The van der Waals surface area contributed by atoms with E-state index in [9.17, 15) is 0 Å². The number of para-hydroxylation sites is 2. The normalized spacial score (nSPS) is 12.8. The summed E-state index contributed by atoms with van der Waals surface area (Å²) < 4.78 is 2.66. The van der Waals surface area contributed by atoms with Crippen LogP contribution in [0.5, 0.6) is 0 Å². The highest BCUT2D eigenvalue weighted by molar-refractivity contribution is 7.23. The molecule has 0 N–H and O–H groups in total. The third-order valence-electron chi connectivity index (χ3n) is 28.2. The smallest absolute Gasteiger partial charge is 0.252 e. The van der Waals surface area contributed by atoms with E-state index in [2.05, 4.69) is 553 Å². The molecule has 0 saturated carbocycles. The van der Waals surface area contributed by atoms with Crippen LogP contribution in [0, 0.1) is 0 Å². The second-order valence-corrected chi connectivity index (χ2v) is 52.6. The van der Waals surface area contributed by atoms with E-state index in [1.54, 1.807) is 0 Å². The molecule has 8 heteroatoms. The molecule has 0 unspecified atom stereocenters. The number of hydrogen-bond donors (Lipinski definition) is 0. The van der Waals surface area contributed by atoms with Crippen molar-refractivity contribution >= 4 is 194 Å². The van der Waals surface area contributed by atoms with Crippen molar-refractivity contribution in [1.82, 2.24) is 4.57 Å². The zero-order valence-corrected chi connectivity index (χ0v) is 78.3. The summed E-state index contributed by atoms with van der Waals surface area (Å²) >= 11 is 0. The van der Waals surface area contributed by atoms with Gasteiger partial charge >= 0.3 is 0 Å². The number of aromatic nitrogens is 1. The first-order valence-corrected chi connectivity index (χ1v) is 53.8. The van der Waals surface area contributed by atoms with Crippen LogP contribution < -0.4 is 109 Å². The van der Waals surface area contributed by atoms with Gasteiger partial charge in [0, 0.05) is 44.9 Å². The van der Waals surface area contributed by atoms with Crippen LogP contribution in [0.2, 0.25) is 0 Å². The molecule has 0 radical (unpaired) electrons. The fraction of sp³-hybridized carbons (Fsp3) is 0.0656. The Morgan fingerprint density at radius 3 is 0.723 bits per heavy atom. The third kappa shape index (κ3) is 13.2. The van der Waals surface area contributed by atoms with Crippen LogP contribution in [0.25, 0.3) is 27.5 Å². The van der Waals surface area contributed by atoms with Crippen LogP contribution in [-0.4, -0.2) is 43.6 Å². The van der Waals surface area contributed by atoms with E-state index in [0.29, 0.717) is 0 Å². The second kappa shape index (κ2) is 33.0. The van der Waals surface area contributed by atoms with E-state index in [0.717, 1.165) is 45.3 Å². The predicted octanol–water partition coefficient (Wildman–Crippen LogP) is 17.0. The van der Waals surface area contributed by atoms with Gasteiger partial charge in [0.1, 0.15) is 0 Å². The van der Waals surface area contributed by atoms with E-state index in [1.807, 2.05) is 0 Å². The molecule has 0 amide bonds. The molecule has 3 heterocycles. The average molecular weight is 1730 g/mol. The molecule has 3 nitrogen and oxygen atoms in total. The zero-order valence-electron chi connectivity index (χ0n) is 74.3. The Morgan fingerprint density at radius 1 is 0.200 bits per heavy atom. The molecule has 622 valence electrons. The molecular weight excluding hydrogens is 1630 g/mol. The molecule has 22 rings (SSSR count). The number of rotatable bonds is 19. The minimum Gasteiger partial charge on any atom is -0.311 e. The van der Waals surface area contributed by atoms with Crippen LogP contribution in [-0.2, 0) is 10.8 Å². The van der Waals surface area contributed by atoms with Crippen molar-refractivity contribution in [2.24, 2.45) is 0 Å². The summed E-state index contributed by atoms with van der Waals surface area (Å²) in [4.78, 5) is 5.52. The van der Waals surface area contributed by atoms with Crippen molar-refractivity contribution in [1.29, 1.82) is 0 Å². The largest absolute Gasteiger partial charge is 0.311 e. The number of anilines is 6. The van der Waals surface area contributed by atoms with E-state index in [4.69, 9.17) is 0 Å². The molecule has 19 aromatic carbocycles. The molecule has 0 atom stereocenters. The number of fused-ring (bicyclic) bond motifs is 7. The molecule has 2 aliphatic rings. The molecule has 130 heavy (non-hydrogen) atoms. The van der Waals surface area contributed by atoms with Gasteiger partial charge in [-0.3, -0.25) is 0 Å². The Hall–Kier alpha value is -14.5. The van der Waals surface area contributed by atoms with E-state index >= 15 is 0 Å². The number of benzene rings is 19. The van der Waals surface area contributed by atoms with E-state index < -0.39 is 32.3 Å². The first-order chi connectivity index (χ1) is 63.8. The van der Waals surface area contributed by atoms with Crippen molar-refractivity contribution in [3.63, 3.8) is 0 Å². The predicted molar refractivity (Wildman–Crippen MR) is 567 cm³/mol. The van der Waals surface area contributed by atoms with Crippen LogP contribution in [0.4, 0.5) is 34.1 Å². The van der Waals surface area contributed by atoms with Gasteiger partial charge in [0.25, 0.3) is 6.71 Å². The molecule has 0 aliphatic carbocycles. The Kier molecular flexibility index (Phi) is 20.6. The number of hydrogen-bond acceptors (Lipinski definition) is 2.